The van der Waals surface area contributed by atoms with E-state index < -0.39 is 16.6 Å². The van der Waals surface area contributed by atoms with E-state index >= 15 is 0 Å². The fraction of sp³-hybridized carbons (Fsp3) is 0.273. The summed E-state index contributed by atoms with van der Waals surface area (Å²) in [6.45, 7) is 0. The lowest BCUT2D eigenvalue weighted by molar-refractivity contribution is -0.154. The number of carboxylic acids is 1. The summed E-state index contributed by atoms with van der Waals surface area (Å²) < 4.78 is 2.56. The van der Waals surface area contributed by atoms with Crippen LogP contribution in [0.25, 0.3) is 0 Å². The smallest absolute Gasteiger partial charge is 0.368 e. The highest BCUT2D eigenvalue weighted by molar-refractivity contribution is 6.56. The maximum absolute atomic E-state index is 11.7. The number of halogens is 2. The summed E-state index contributed by atoms with van der Waals surface area (Å²) in [7, 11) is 0. The van der Waals surface area contributed by atoms with E-state index in [0.717, 1.165) is 5.56 Å². The van der Waals surface area contributed by atoms with Crippen LogP contribution in [0.3, 0.4) is 0 Å². The van der Waals surface area contributed by atoms with Gasteiger partial charge in [0.15, 0.2) is 5.78 Å². The van der Waals surface area contributed by atoms with Crippen LogP contribution in [0, 0.1) is 0 Å². The number of rotatable bonds is 3. The largest absolute Gasteiger partial charge is 0.477 e. The number of hydrogen-bond donors (Lipinski definition) is 1. The van der Waals surface area contributed by atoms with E-state index in [1.807, 2.05) is 0 Å². The van der Waals surface area contributed by atoms with Crippen molar-refractivity contribution in [3.63, 3.8) is 0 Å². The lowest BCUT2D eigenvalue weighted by atomic mass is 10.1. The average molecular weight is 275 g/mol. The van der Waals surface area contributed by atoms with Crippen molar-refractivity contribution in [3.05, 3.63) is 35.4 Å². The summed E-state index contributed by atoms with van der Waals surface area (Å²) in [5.74, 6) is -1.80. The van der Waals surface area contributed by atoms with Crippen molar-refractivity contribution in [2.75, 3.05) is 0 Å². The van der Waals surface area contributed by atoms with E-state index in [9.17, 15) is 9.59 Å². The zero-order chi connectivity index (χ0) is 12.6. The van der Waals surface area contributed by atoms with Crippen molar-refractivity contribution in [2.45, 2.75) is 17.0 Å². The summed E-state index contributed by atoms with van der Waals surface area (Å²) in [5, 5.41) is 8.74. The lowest BCUT2D eigenvalue weighted by Crippen LogP contribution is -2.32. The first kappa shape index (κ1) is 12.4. The van der Waals surface area contributed by atoms with Gasteiger partial charge in [-0.15, -0.1) is 0 Å². The van der Waals surface area contributed by atoms with Crippen LogP contribution in [0.2, 0.25) is 0 Å². The van der Waals surface area contributed by atoms with Crippen molar-refractivity contribution in [1.82, 2.24) is 0 Å². The van der Waals surface area contributed by atoms with Gasteiger partial charge in [0, 0.05) is 6.42 Å². The number of alkyl halides is 2. The predicted octanol–water partition coefficient (Wildman–Crippen LogP) is 2.09. The number of ketones is 1. The Kier molecular flexibility index (Phi) is 3.12. The van der Waals surface area contributed by atoms with Crippen molar-refractivity contribution in [1.29, 1.82) is 0 Å². The molecule has 1 aliphatic carbocycles. The first-order valence-electron chi connectivity index (χ1n) is 4.81. The summed E-state index contributed by atoms with van der Waals surface area (Å²) >= 11 is 10.9. The molecule has 1 N–H and O–H groups in total. The van der Waals surface area contributed by atoms with Crippen LogP contribution in [0.15, 0.2) is 24.3 Å². The van der Waals surface area contributed by atoms with Gasteiger partial charge >= 0.3 is 10.5 Å². The zero-order valence-corrected chi connectivity index (χ0v) is 10.0. The van der Waals surface area contributed by atoms with Gasteiger partial charge in [0.2, 0.25) is 0 Å². The van der Waals surface area contributed by atoms with E-state index in [0.29, 0.717) is 5.56 Å². The number of carbonyl (C=O) groups excluding carboxylic acids is 1. The predicted molar refractivity (Wildman–Crippen MR) is 61.1 cm³/mol. The van der Waals surface area contributed by atoms with Gasteiger partial charge in [-0.1, -0.05) is 47.5 Å². The minimum Gasteiger partial charge on any atom is -0.477 e. The van der Waals surface area contributed by atoms with Gasteiger partial charge in [-0.3, -0.25) is 4.79 Å². The van der Waals surface area contributed by atoms with Crippen LogP contribution in [0.4, 0.5) is 0 Å². The topological polar surface area (TPSA) is 63.6 Å². The fourth-order valence-electron chi connectivity index (χ4n) is 1.73. The molecular formula is C11H8Cl2O4. The van der Waals surface area contributed by atoms with E-state index in [-0.39, 0.29) is 12.2 Å². The zero-order valence-electron chi connectivity index (χ0n) is 8.52. The Labute approximate surface area is 107 Å². The quantitative estimate of drug-likeness (QED) is 0.858. The second-order valence-electron chi connectivity index (χ2n) is 3.66. The normalized spacial score (nSPS) is 19.2. The van der Waals surface area contributed by atoms with Crippen molar-refractivity contribution < 1.29 is 19.4 Å². The fourth-order valence-corrected chi connectivity index (χ4v) is 1.91. The molecule has 6 heteroatoms. The van der Waals surface area contributed by atoms with Crippen LogP contribution >= 0.6 is 23.2 Å². The van der Waals surface area contributed by atoms with Crippen LogP contribution in [-0.2, 0) is 20.7 Å². The van der Waals surface area contributed by atoms with E-state index in [2.05, 4.69) is 0 Å². The minimum absolute atomic E-state index is 0.199. The highest BCUT2D eigenvalue weighted by Gasteiger charge is 2.43. The molecule has 1 unspecified atom stereocenters. The Morgan fingerprint density at radius 1 is 1.41 bits per heavy atom. The molecule has 0 amide bonds. The minimum atomic E-state index is -2.42. The summed E-state index contributed by atoms with van der Waals surface area (Å²) in [4.78, 5) is 22.4. The van der Waals surface area contributed by atoms with Gasteiger partial charge in [0.05, 0.1) is 0 Å². The molecule has 1 aliphatic rings. The van der Waals surface area contributed by atoms with E-state index in [1.54, 1.807) is 24.3 Å². The molecule has 0 aliphatic heterocycles. The molecule has 0 spiro atoms. The number of carbonyl (C=O) groups is 2. The van der Waals surface area contributed by atoms with Gasteiger partial charge in [-0.2, -0.15) is 0 Å². The Bertz CT molecular complexity index is 484. The first-order chi connectivity index (χ1) is 7.92. The van der Waals surface area contributed by atoms with Crippen LogP contribution in [0.1, 0.15) is 17.2 Å². The Balaban J connectivity index is 2.29. The maximum atomic E-state index is 11.7. The third-order valence-electron chi connectivity index (χ3n) is 2.51. The number of fused-ring (bicyclic) bond motifs is 1. The number of hydrogen-bond acceptors (Lipinski definition) is 3. The van der Waals surface area contributed by atoms with Crippen molar-refractivity contribution in [2.24, 2.45) is 0 Å². The van der Waals surface area contributed by atoms with Gasteiger partial charge in [-0.05, 0) is 11.1 Å². The van der Waals surface area contributed by atoms with Gasteiger partial charge in [0.25, 0.3) is 0 Å². The highest BCUT2D eigenvalue weighted by atomic mass is 35.5. The third-order valence-corrected chi connectivity index (χ3v) is 3.01. The van der Waals surface area contributed by atoms with Gasteiger partial charge in [0.1, 0.15) is 6.10 Å². The first-order valence-corrected chi connectivity index (χ1v) is 5.57. The monoisotopic (exact) mass is 274 g/mol. The molecule has 1 aromatic carbocycles. The van der Waals surface area contributed by atoms with Crippen LogP contribution < -0.4 is 0 Å². The molecule has 0 bridgehead atoms. The number of aliphatic carboxylic acids is 1. The standard InChI is InChI=1S/C11H8Cl2O4/c12-11(13,10(15)16)17-9-7-4-2-1-3-6(7)5-8(9)14/h1-4,9H,5H2,(H,15,16). The van der Waals surface area contributed by atoms with Crippen molar-refractivity contribution >= 4 is 35.0 Å². The molecule has 4 nitrogen and oxygen atoms in total. The molecule has 0 saturated carbocycles. The second kappa shape index (κ2) is 4.29. The average Bonchev–Trinajstić information content (AvgIpc) is 2.55. The van der Waals surface area contributed by atoms with Gasteiger partial charge in [-0.25, -0.2) is 4.79 Å². The molecular weight excluding hydrogens is 267 g/mol. The number of benzene rings is 1. The molecule has 90 valence electrons. The van der Waals surface area contributed by atoms with Crippen LogP contribution in [-0.4, -0.2) is 21.4 Å². The Morgan fingerprint density at radius 2 is 2.06 bits per heavy atom. The molecule has 1 aromatic rings. The molecule has 17 heavy (non-hydrogen) atoms. The highest BCUT2D eigenvalue weighted by Crippen LogP contribution is 2.37. The number of ether oxygens (including phenoxy) is 1. The number of Topliss-reactive ketones (excluding diaryl/α,β-unsaturated/α-hetero) is 1. The Morgan fingerprint density at radius 3 is 2.71 bits per heavy atom. The lowest BCUT2D eigenvalue weighted by Gasteiger charge is -2.20. The molecule has 0 heterocycles. The SMILES string of the molecule is O=C1Cc2ccccc2C1OC(Cl)(Cl)C(=O)O. The second-order valence-corrected chi connectivity index (χ2v) is 4.92. The van der Waals surface area contributed by atoms with Crippen LogP contribution in [0.5, 0.6) is 0 Å². The summed E-state index contributed by atoms with van der Waals surface area (Å²) in [5.41, 5.74) is 1.42. The third kappa shape index (κ3) is 2.29. The molecule has 0 aromatic heterocycles. The molecule has 1 atom stereocenters. The molecule has 0 fully saturated rings. The summed E-state index contributed by atoms with van der Waals surface area (Å²) in [6.07, 6.45) is -0.818. The summed E-state index contributed by atoms with van der Waals surface area (Å²) in [6, 6.07) is 7.00. The van der Waals surface area contributed by atoms with Crippen molar-refractivity contribution in [3.8, 4) is 0 Å². The van der Waals surface area contributed by atoms with E-state index in [4.69, 9.17) is 33.0 Å². The van der Waals surface area contributed by atoms with E-state index in [1.165, 1.54) is 0 Å². The molecule has 0 radical (unpaired) electrons. The number of carboxylic acid groups (broad SMARTS) is 1. The Hall–Kier alpha value is -1.10. The molecule has 0 saturated heterocycles. The maximum Gasteiger partial charge on any atom is 0.368 e. The molecule has 2 rings (SSSR count). The van der Waals surface area contributed by atoms with Gasteiger partial charge < -0.3 is 9.84 Å².